The molecule has 0 heterocycles. The van der Waals surface area contributed by atoms with Gasteiger partial charge in [0.15, 0.2) is 11.5 Å². The predicted molar refractivity (Wildman–Crippen MR) is 126 cm³/mol. The van der Waals surface area contributed by atoms with Crippen molar-refractivity contribution in [2.75, 3.05) is 6.61 Å². The van der Waals surface area contributed by atoms with Crippen molar-refractivity contribution >= 4 is 11.6 Å². The van der Waals surface area contributed by atoms with Gasteiger partial charge in [-0.2, -0.15) is 0 Å². The van der Waals surface area contributed by atoms with Crippen LogP contribution in [0, 0.1) is 30.6 Å². The van der Waals surface area contributed by atoms with E-state index in [4.69, 9.17) is 21.1 Å². The summed E-state index contributed by atoms with van der Waals surface area (Å²) >= 11 is 6.68. The lowest BCUT2D eigenvalue weighted by atomic mass is 9.54. The van der Waals surface area contributed by atoms with E-state index >= 15 is 0 Å². The van der Waals surface area contributed by atoms with Crippen molar-refractivity contribution in [3.05, 3.63) is 58.1 Å². The van der Waals surface area contributed by atoms with Gasteiger partial charge >= 0.3 is 0 Å². The highest BCUT2D eigenvalue weighted by molar-refractivity contribution is 6.32. The Morgan fingerprint density at radius 2 is 1.68 bits per heavy atom. The first-order chi connectivity index (χ1) is 15.1. The normalized spacial score (nSPS) is 28.7. The number of nitrogens with one attached hydrogen (secondary N) is 1. The minimum Gasteiger partial charge on any atom is -0.490 e. The molecule has 4 heteroatoms. The fraction of sp³-hybridized carbons (Fsp3) is 0.556. The summed E-state index contributed by atoms with van der Waals surface area (Å²) in [5.74, 6) is 5.13. The smallest absolute Gasteiger partial charge is 0.180 e. The standard InChI is InChI=1S/C27H34ClNO2/c1-3-30-25-14-21(13-24(28)27(25)31-16-18-6-4-5-17(2)7-18)15-29-26-22-9-19-8-20(11-22)12-23(26)10-19/h4-7,13-14,19-20,22-23,26,29H,3,8-12,15-16H2,1-2H3. The minimum absolute atomic E-state index is 0.479. The van der Waals surface area contributed by atoms with Crippen molar-refractivity contribution in [3.8, 4) is 11.5 Å². The number of ether oxygens (including phenoxy) is 2. The predicted octanol–water partition coefficient (Wildman–Crippen LogP) is 6.54. The van der Waals surface area contributed by atoms with Crippen LogP contribution in [0.15, 0.2) is 36.4 Å². The second-order valence-corrected chi connectivity index (χ2v) is 10.4. The van der Waals surface area contributed by atoms with E-state index < -0.39 is 0 Å². The highest BCUT2D eigenvalue weighted by Gasteiger charge is 2.47. The van der Waals surface area contributed by atoms with Gasteiger partial charge in [0.05, 0.1) is 11.6 Å². The zero-order valence-electron chi connectivity index (χ0n) is 18.7. The van der Waals surface area contributed by atoms with E-state index in [9.17, 15) is 0 Å². The van der Waals surface area contributed by atoms with E-state index in [0.29, 0.717) is 30.0 Å². The molecule has 2 aromatic carbocycles. The Labute approximate surface area is 191 Å². The molecular weight excluding hydrogens is 406 g/mol. The molecule has 4 saturated carbocycles. The summed E-state index contributed by atoms with van der Waals surface area (Å²) < 4.78 is 12.0. The molecule has 4 bridgehead atoms. The molecule has 31 heavy (non-hydrogen) atoms. The molecule has 4 aliphatic rings. The second kappa shape index (κ2) is 9.03. The lowest BCUT2D eigenvalue weighted by Crippen LogP contribution is -2.54. The molecule has 6 rings (SSSR count). The number of aryl methyl sites for hydroxylation is 1. The molecule has 0 radical (unpaired) electrons. The van der Waals surface area contributed by atoms with Crippen LogP contribution in [0.3, 0.4) is 0 Å². The number of benzene rings is 2. The van der Waals surface area contributed by atoms with E-state index in [2.05, 4.69) is 42.6 Å². The summed E-state index contributed by atoms with van der Waals surface area (Å²) in [7, 11) is 0. The summed E-state index contributed by atoms with van der Waals surface area (Å²) in [4.78, 5) is 0. The number of hydrogen-bond donors (Lipinski definition) is 1. The van der Waals surface area contributed by atoms with Gasteiger partial charge in [0.25, 0.3) is 0 Å². The molecule has 0 saturated heterocycles. The fourth-order valence-corrected chi connectivity index (χ4v) is 6.87. The van der Waals surface area contributed by atoms with Gasteiger partial charge in [-0.3, -0.25) is 0 Å². The molecule has 166 valence electrons. The van der Waals surface area contributed by atoms with Gasteiger partial charge < -0.3 is 14.8 Å². The van der Waals surface area contributed by atoms with Gasteiger partial charge in [-0.15, -0.1) is 0 Å². The average molecular weight is 440 g/mol. The molecule has 1 N–H and O–H groups in total. The minimum atomic E-state index is 0.479. The molecule has 2 aromatic rings. The van der Waals surface area contributed by atoms with E-state index in [1.54, 1.807) is 0 Å². The number of rotatable bonds is 8. The van der Waals surface area contributed by atoms with Crippen LogP contribution in [0.1, 0.15) is 55.7 Å². The number of halogens is 1. The Kier molecular flexibility index (Phi) is 6.16. The van der Waals surface area contributed by atoms with Crippen LogP contribution in [-0.4, -0.2) is 12.6 Å². The third-order valence-corrected chi connectivity index (χ3v) is 7.88. The monoisotopic (exact) mass is 439 g/mol. The molecular formula is C27H34ClNO2. The van der Waals surface area contributed by atoms with Crippen LogP contribution in [0.2, 0.25) is 5.02 Å². The topological polar surface area (TPSA) is 30.5 Å². The van der Waals surface area contributed by atoms with Gasteiger partial charge in [-0.25, -0.2) is 0 Å². The van der Waals surface area contributed by atoms with Crippen molar-refractivity contribution < 1.29 is 9.47 Å². The van der Waals surface area contributed by atoms with Crippen LogP contribution >= 0.6 is 11.6 Å². The summed E-state index contributed by atoms with van der Waals surface area (Å²) in [6, 6.07) is 13.2. The maximum absolute atomic E-state index is 6.68. The van der Waals surface area contributed by atoms with Gasteiger partial charge in [0.2, 0.25) is 0 Å². The first-order valence-corrected chi connectivity index (χ1v) is 12.3. The van der Waals surface area contributed by atoms with Crippen LogP contribution in [0.25, 0.3) is 0 Å². The summed E-state index contributed by atoms with van der Waals surface area (Å²) in [6.07, 6.45) is 7.22. The molecule has 0 atom stereocenters. The first kappa shape index (κ1) is 21.2. The van der Waals surface area contributed by atoms with E-state index in [1.165, 1.54) is 43.2 Å². The van der Waals surface area contributed by atoms with Crippen LogP contribution in [0.4, 0.5) is 0 Å². The molecule has 4 aliphatic carbocycles. The molecule has 0 aliphatic heterocycles. The quantitative estimate of drug-likeness (QED) is 0.506. The second-order valence-electron chi connectivity index (χ2n) is 9.95. The summed E-state index contributed by atoms with van der Waals surface area (Å²) in [5, 5.41) is 4.53. The lowest BCUT2D eigenvalue weighted by Gasteiger charge is -2.54. The molecule has 3 nitrogen and oxygen atoms in total. The maximum atomic E-state index is 6.68. The third-order valence-electron chi connectivity index (χ3n) is 7.60. The van der Waals surface area contributed by atoms with Gasteiger partial charge in [-0.05, 0) is 92.9 Å². The van der Waals surface area contributed by atoms with Gasteiger partial charge in [-0.1, -0.05) is 41.4 Å². The molecule has 0 aromatic heterocycles. The van der Waals surface area contributed by atoms with Crippen molar-refractivity contribution in [2.24, 2.45) is 23.7 Å². The van der Waals surface area contributed by atoms with Crippen LogP contribution in [0.5, 0.6) is 11.5 Å². The zero-order valence-corrected chi connectivity index (χ0v) is 19.5. The highest BCUT2D eigenvalue weighted by Crippen LogP contribution is 2.53. The van der Waals surface area contributed by atoms with E-state index in [-0.39, 0.29) is 0 Å². The molecule has 0 amide bonds. The third kappa shape index (κ3) is 4.59. The average Bonchev–Trinajstić information content (AvgIpc) is 2.72. The molecule has 4 fully saturated rings. The molecule has 0 spiro atoms. The SMILES string of the molecule is CCOc1cc(CNC2C3CC4CC(C3)CC2C4)cc(Cl)c1OCc1cccc(C)c1. The zero-order chi connectivity index (χ0) is 21.4. The Morgan fingerprint density at radius 1 is 0.935 bits per heavy atom. The largest absolute Gasteiger partial charge is 0.490 e. The van der Waals surface area contributed by atoms with Crippen LogP contribution in [-0.2, 0) is 13.2 Å². The van der Waals surface area contributed by atoms with Gasteiger partial charge in [0.1, 0.15) is 6.61 Å². The summed E-state index contributed by atoms with van der Waals surface area (Å²) in [6.45, 7) is 5.99. The summed E-state index contributed by atoms with van der Waals surface area (Å²) in [5.41, 5.74) is 3.53. The Bertz CT molecular complexity index is 899. The van der Waals surface area contributed by atoms with E-state index in [0.717, 1.165) is 41.5 Å². The van der Waals surface area contributed by atoms with Crippen molar-refractivity contribution in [3.63, 3.8) is 0 Å². The van der Waals surface area contributed by atoms with Crippen molar-refractivity contribution in [1.82, 2.24) is 5.32 Å². The van der Waals surface area contributed by atoms with Crippen molar-refractivity contribution in [1.29, 1.82) is 0 Å². The first-order valence-electron chi connectivity index (χ1n) is 12.0. The molecule has 0 unspecified atom stereocenters. The fourth-order valence-electron chi connectivity index (χ4n) is 6.58. The lowest BCUT2D eigenvalue weighted by molar-refractivity contribution is -0.0142. The van der Waals surface area contributed by atoms with Crippen molar-refractivity contribution in [2.45, 2.75) is 65.1 Å². The maximum Gasteiger partial charge on any atom is 0.180 e. The van der Waals surface area contributed by atoms with Crippen LogP contribution < -0.4 is 14.8 Å². The Hall–Kier alpha value is -1.71. The van der Waals surface area contributed by atoms with Gasteiger partial charge in [0, 0.05) is 12.6 Å². The Morgan fingerprint density at radius 3 is 2.35 bits per heavy atom. The Balaban J connectivity index is 1.27. The number of hydrogen-bond acceptors (Lipinski definition) is 3. The van der Waals surface area contributed by atoms with E-state index in [1.807, 2.05) is 13.0 Å². The highest BCUT2D eigenvalue weighted by atomic mass is 35.5.